The van der Waals surface area contributed by atoms with Crippen molar-refractivity contribution in [2.75, 3.05) is 5.33 Å². The summed E-state index contributed by atoms with van der Waals surface area (Å²) in [6.07, 6.45) is 2.79. The molecule has 0 bridgehead atoms. The van der Waals surface area contributed by atoms with Crippen LogP contribution in [-0.4, -0.2) is 15.3 Å². The van der Waals surface area contributed by atoms with Gasteiger partial charge in [-0.05, 0) is 24.1 Å². The molecule has 2 rings (SSSR count). The first-order valence-corrected chi connectivity index (χ1v) is 5.00. The molecule has 0 aliphatic heterocycles. The van der Waals surface area contributed by atoms with Gasteiger partial charge in [0.1, 0.15) is 0 Å². The lowest BCUT2D eigenvalue weighted by Crippen LogP contribution is -1.84. The number of alkyl halides is 1. The molecule has 1 aromatic heterocycles. The number of hydrogen-bond acceptors (Lipinski definition) is 1. The SMILES string of the molecule is BrCCc1ccc2nc[nH]c2c1. The highest BCUT2D eigenvalue weighted by Crippen LogP contribution is 2.12. The van der Waals surface area contributed by atoms with Gasteiger partial charge in [0, 0.05) is 5.33 Å². The standard InChI is InChI=1S/C9H9BrN2/c10-4-3-7-1-2-8-9(5-7)12-6-11-8/h1-2,5-6H,3-4H2,(H,11,12). The molecule has 1 N–H and O–H groups in total. The maximum atomic E-state index is 4.15. The van der Waals surface area contributed by atoms with Crippen LogP contribution in [0.5, 0.6) is 0 Å². The number of aryl methyl sites for hydroxylation is 1. The molecule has 1 heterocycles. The Morgan fingerprint density at radius 2 is 2.33 bits per heavy atom. The van der Waals surface area contributed by atoms with E-state index in [-0.39, 0.29) is 0 Å². The Morgan fingerprint density at radius 1 is 1.42 bits per heavy atom. The molecule has 1 aromatic carbocycles. The van der Waals surface area contributed by atoms with Crippen molar-refractivity contribution in [2.24, 2.45) is 0 Å². The van der Waals surface area contributed by atoms with E-state index in [2.05, 4.69) is 38.0 Å². The van der Waals surface area contributed by atoms with E-state index in [1.165, 1.54) is 5.56 Å². The highest BCUT2D eigenvalue weighted by Gasteiger charge is 1.96. The molecule has 0 saturated heterocycles. The Kier molecular flexibility index (Phi) is 2.13. The molecule has 62 valence electrons. The van der Waals surface area contributed by atoms with Gasteiger partial charge in [0.15, 0.2) is 0 Å². The molecular formula is C9H9BrN2. The lowest BCUT2D eigenvalue weighted by Gasteiger charge is -1.96. The van der Waals surface area contributed by atoms with E-state index >= 15 is 0 Å². The molecule has 0 spiro atoms. The van der Waals surface area contributed by atoms with E-state index in [9.17, 15) is 0 Å². The van der Waals surface area contributed by atoms with Gasteiger partial charge in [0.05, 0.1) is 17.4 Å². The van der Waals surface area contributed by atoms with Crippen LogP contribution in [0.4, 0.5) is 0 Å². The highest BCUT2D eigenvalue weighted by molar-refractivity contribution is 9.09. The van der Waals surface area contributed by atoms with Gasteiger partial charge in [-0.15, -0.1) is 0 Å². The Morgan fingerprint density at radius 3 is 3.17 bits per heavy atom. The number of aromatic amines is 1. The monoisotopic (exact) mass is 224 g/mol. The van der Waals surface area contributed by atoms with E-state index in [4.69, 9.17) is 0 Å². The highest BCUT2D eigenvalue weighted by atomic mass is 79.9. The molecule has 12 heavy (non-hydrogen) atoms. The molecule has 2 nitrogen and oxygen atoms in total. The van der Waals surface area contributed by atoms with Gasteiger partial charge in [-0.1, -0.05) is 22.0 Å². The number of H-pyrrole nitrogens is 1. The first-order valence-electron chi connectivity index (χ1n) is 3.88. The number of hydrogen-bond donors (Lipinski definition) is 1. The minimum atomic E-state index is 1.01. The van der Waals surface area contributed by atoms with Gasteiger partial charge in [0.25, 0.3) is 0 Å². The number of aromatic nitrogens is 2. The minimum Gasteiger partial charge on any atom is -0.345 e. The van der Waals surface area contributed by atoms with Crippen molar-refractivity contribution in [3.05, 3.63) is 30.1 Å². The fraction of sp³-hybridized carbons (Fsp3) is 0.222. The fourth-order valence-corrected chi connectivity index (χ4v) is 1.71. The quantitative estimate of drug-likeness (QED) is 0.781. The van der Waals surface area contributed by atoms with Gasteiger partial charge in [-0.2, -0.15) is 0 Å². The summed E-state index contributed by atoms with van der Waals surface area (Å²) in [7, 11) is 0. The molecule has 2 aromatic rings. The topological polar surface area (TPSA) is 28.7 Å². The smallest absolute Gasteiger partial charge is 0.0931 e. The second-order valence-electron chi connectivity index (χ2n) is 2.69. The van der Waals surface area contributed by atoms with Crippen molar-refractivity contribution >= 4 is 27.0 Å². The van der Waals surface area contributed by atoms with E-state index in [1.807, 2.05) is 6.07 Å². The molecule has 0 fully saturated rings. The van der Waals surface area contributed by atoms with E-state index in [1.54, 1.807) is 6.33 Å². The molecule has 0 atom stereocenters. The second kappa shape index (κ2) is 3.27. The maximum absolute atomic E-state index is 4.15. The number of imidazole rings is 1. The third-order valence-corrected chi connectivity index (χ3v) is 2.26. The Hall–Kier alpha value is -0.830. The average Bonchev–Trinajstić information content (AvgIpc) is 2.51. The van der Waals surface area contributed by atoms with Crippen LogP contribution < -0.4 is 0 Å². The predicted octanol–water partition coefficient (Wildman–Crippen LogP) is 2.50. The lowest BCUT2D eigenvalue weighted by molar-refractivity contribution is 1.17. The van der Waals surface area contributed by atoms with Crippen LogP contribution in [-0.2, 0) is 6.42 Å². The summed E-state index contributed by atoms with van der Waals surface area (Å²) < 4.78 is 0. The molecule has 0 unspecified atom stereocenters. The molecule has 0 aliphatic carbocycles. The first-order chi connectivity index (χ1) is 5.90. The Bertz CT molecular complexity index is 381. The number of halogens is 1. The molecular weight excluding hydrogens is 216 g/mol. The molecule has 0 saturated carbocycles. The molecule has 3 heteroatoms. The summed E-state index contributed by atoms with van der Waals surface area (Å²) in [6, 6.07) is 6.30. The van der Waals surface area contributed by atoms with Gasteiger partial charge in [-0.3, -0.25) is 0 Å². The third kappa shape index (κ3) is 1.37. The zero-order valence-corrected chi connectivity index (χ0v) is 8.13. The number of nitrogens with one attached hydrogen (secondary N) is 1. The van der Waals surface area contributed by atoms with E-state index in [0.29, 0.717) is 0 Å². The maximum Gasteiger partial charge on any atom is 0.0931 e. The fourth-order valence-electron chi connectivity index (χ4n) is 1.25. The van der Waals surface area contributed by atoms with Gasteiger partial charge in [0.2, 0.25) is 0 Å². The average molecular weight is 225 g/mol. The first kappa shape index (κ1) is 7.80. The minimum absolute atomic E-state index is 1.01. The Balaban J connectivity index is 2.46. The van der Waals surface area contributed by atoms with Crippen LogP contribution in [0.15, 0.2) is 24.5 Å². The van der Waals surface area contributed by atoms with Crippen LogP contribution in [0, 0.1) is 0 Å². The molecule has 0 aliphatic rings. The largest absolute Gasteiger partial charge is 0.345 e. The van der Waals surface area contributed by atoms with E-state index in [0.717, 1.165) is 22.8 Å². The number of benzene rings is 1. The van der Waals surface area contributed by atoms with Crippen molar-refractivity contribution in [2.45, 2.75) is 6.42 Å². The van der Waals surface area contributed by atoms with Crippen molar-refractivity contribution in [3.8, 4) is 0 Å². The zero-order valence-electron chi connectivity index (χ0n) is 6.55. The summed E-state index contributed by atoms with van der Waals surface area (Å²) in [5.41, 5.74) is 3.49. The Labute approximate surface area is 79.1 Å². The summed E-state index contributed by atoms with van der Waals surface area (Å²) >= 11 is 3.42. The zero-order chi connectivity index (χ0) is 8.39. The van der Waals surface area contributed by atoms with Crippen LogP contribution in [0.25, 0.3) is 11.0 Å². The molecule has 0 radical (unpaired) electrons. The number of fused-ring (bicyclic) bond motifs is 1. The predicted molar refractivity (Wildman–Crippen MR) is 53.6 cm³/mol. The summed E-state index contributed by atoms with van der Waals surface area (Å²) in [5.74, 6) is 0. The van der Waals surface area contributed by atoms with E-state index < -0.39 is 0 Å². The van der Waals surface area contributed by atoms with Crippen LogP contribution >= 0.6 is 15.9 Å². The van der Waals surface area contributed by atoms with Crippen molar-refractivity contribution in [3.63, 3.8) is 0 Å². The summed E-state index contributed by atoms with van der Waals surface area (Å²) in [6.45, 7) is 0. The number of rotatable bonds is 2. The number of nitrogens with zero attached hydrogens (tertiary/aromatic N) is 1. The summed E-state index contributed by atoms with van der Waals surface area (Å²) in [4.78, 5) is 7.24. The summed E-state index contributed by atoms with van der Waals surface area (Å²) in [5, 5.41) is 1.01. The van der Waals surface area contributed by atoms with Crippen LogP contribution in [0.1, 0.15) is 5.56 Å². The molecule has 0 amide bonds. The second-order valence-corrected chi connectivity index (χ2v) is 3.49. The normalized spacial score (nSPS) is 10.8. The lowest BCUT2D eigenvalue weighted by atomic mass is 10.1. The van der Waals surface area contributed by atoms with Crippen molar-refractivity contribution < 1.29 is 0 Å². The van der Waals surface area contributed by atoms with Crippen molar-refractivity contribution in [1.29, 1.82) is 0 Å². The van der Waals surface area contributed by atoms with Gasteiger partial charge < -0.3 is 4.98 Å². The van der Waals surface area contributed by atoms with Crippen molar-refractivity contribution in [1.82, 2.24) is 9.97 Å². The van der Waals surface area contributed by atoms with Crippen LogP contribution in [0.2, 0.25) is 0 Å². The third-order valence-electron chi connectivity index (χ3n) is 1.87. The van der Waals surface area contributed by atoms with Gasteiger partial charge in [-0.25, -0.2) is 4.98 Å². The van der Waals surface area contributed by atoms with Gasteiger partial charge >= 0.3 is 0 Å². The van der Waals surface area contributed by atoms with Crippen LogP contribution in [0.3, 0.4) is 0 Å².